The lowest BCUT2D eigenvalue weighted by Gasteiger charge is -2.13. The summed E-state index contributed by atoms with van der Waals surface area (Å²) >= 11 is 0. The molecule has 0 bridgehead atoms. The van der Waals surface area contributed by atoms with Crippen LogP contribution in [-0.4, -0.2) is 75.5 Å². The van der Waals surface area contributed by atoms with Gasteiger partial charge in [-0.15, -0.1) is 19.7 Å². The van der Waals surface area contributed by atoms with Crippen LogP contribution in [0.25, 0.3) is 0 Å². The van der Waals surface area contributed by atoms with Gasteiger partial charge in [-0.3, -0.25) is 28.8 Å². The molecule has 0 saturated heterocycles. The summed E-state index contributed by atoms with van der Waals surface area (Å²) in [7, 11) is 0. The molecule has 0 radical (unpaired) electrons. The van der Waals surface area contributed by atoms with Crippen LogP contribution in [0.2, 0.25) is 0 Å². The number of esters is 6. The molecule has 0 aromatic heterocycles. The van der Waals surface area contributed by atoms with E-state index in [2.05, 4.69) is 19.7 Å². The number of hydrogen-bond donors (Lipinski definition) is 0. The van der Waals surface area contributed by atoms with Gasteiger partial charge in [0, 0.05) is 0 Å². The highest BCUT2D eigenvalue weighted by molar-refractivity contribution is 5.96. The van der Waals surface area contributed by atoms with Crippen LogP contribution in [0.15, 0.2) is 38.0 Å². The summed E-state index contributed by atoms with van der Waals surface area (Å²) in [6.07, 6.45) is 7.48. The lowest BCUT2D eigenvalue weighted by molar-refractivity contribution is -0.163. The Morgan fingerprint density at radius 3 is 0.766 bits per heavy atom. The average Bonchev–Trinajstić information content (AvgIpc) is 3.06. The number of ether oxygens (including phenoxy) is 6. The highest BCUT2D eigenvalue weighted by Gasteiger charge is 2.29. The van der Waals surface area contributed by atoms with Gasteiger partial charge in [0.25, 0.3) is 0 Å². The van der Waals surface area contributed by atoms with Crippen LogP contribution >= 0.6 is 0 Å². The van der Waals surface area contributed by atoms with Crippen LogP contribution < -0.4 is 0 Å². The average molecular weight is 673 g/mol. The second kappa shape index (κ2) is 36.5. The van der Waals surface area contributed by atoms with E-state index in [9.17, 15) is 28.8 Å². The molecule has 0 saturated carbocycles. The van der Waals surface area contributed by atoms with Gasteiger partial charge in [-0.1, -0.05) is 52.8 Å². The predicted molar refractivity (Wildman–Crippen MR) is 180 cm³/mol. The van der Waals surface area contributed by atoms with Crippen LogP contribution in [0.5, 0.6) is 0 Å². The first-order valence-corrected chi connectivity index (χ1v) is 16.3. The topological polar surface area (TPSA) is 158 Å². The van der Waals surface area contributed by atoms with Gasteiger partial charge in [0.15, 0.2) is 17.8 Å². The molecule has 0 aliphatic heterocycles. The maximum absolute atomic E-state index is 11.5. The normalized spacial score (nSPS) is 10.1. The van der Waals surface area contributed by atoms with Gasteiger partial charge < -0.3 is 28.4 Å². The SMILES string of the molecule is C=CCC(C(=O)OCC)C(=O)OCC.C=CCC(C(=O)OCC)C(=O)OCCC.C=CCC(C(=O)OCCC)C(=O)OCCC.CC. The van der Waals surface area contributed by atoms with E-state index in [1.54, 1.807) is 20.8 Å². The molecule has 1 atom stereocenters. The first kappa shape index (κ1) is 49.9. The van der Waals surface area contributed by atoms with Gasteiger partial charge in [0.05, 0.1) is 39.6 Å². The van der Waals surface area contributed by atoms with E-state index in [0.29, 0.717) is 19.8 Å². The fourth-order valence-corrected chi connectivity index (χ4v) is 3.00. The van der Waals surface area contributed by atoms with E-state index < -0.39 is 53.6 Å². The molecule has 0 aromatic rings. The Morgan fingerprint density at radius 1 is 0.426 bits per heavy atom. The Hall–Kier alpha value is -3.96. The third-order valence-electron chi connectivity index (χ3n) is 5.12. The van der Waals surface area contributed by atoms with Crippen molar-refractivity contribution < 1.29 is 57.2 Å². The smallest absolute Gasteiger partial charge is 0.320 e. The summed E-state index contributed by atoms with van der Waals surface area (Å²) in [5.74, 6) is -5.83. The molecule has 0 spiro atoms. The fourth-order valence-electron chi connectivity index (χ4n) is 3.00. The Morgan fingerprint density at radius 2 is 0.617 bits per heavy atom. The largest absolute Gasteiger partial charge is 0.465 e. The molecule has 0 aliphatic rings. The third-order valence-corrected chi connectivity index (χ3v) is 5.12. The van der Waals surface area contributed by atoms with Crippen molar-refractivity contribution in [1.29, 1.82) is 0 Å². The Kier molecular flexibility index (Phi) is 38.8. The summed E-state index contributed by atoms with van der Waals surface area (Å²) in [6.45, 7) is 27.0. The molecule has 12 nitrogen and oxygen atoms in total. The molecule has 0 amide bonds. The number of rotatable bonds is 21. The van der Waals surface area contributed by atoms with Gasteiger partial charge in [-0.2, -0.15) is 0 Å². The molecule has 0 fully saturated rings. The van der Waals surface area contributed by atoms with E-state index in [-0.39, 0.29) is 39.1 Å². The van der Waals surface area contributed by atoms with Crippen molar-refractivity contribution in [2.24, 2.45) is 17.8 Å². The number of allylic oxidation sites excluding steroid dienone is 3. The fraction of sp³-hybridized carbons (Fsp3) is 0.657. The third kappa shape index (κ3) is 26.9. The molecule has 12 heteroatoms. The first-order chi connectivity index (χ1) is 22.5. The zero-order valence-corrected chi connectivity index (χ0v) is 30.0. The van der Waals surface area contributed by atoms with Gasteiger partial charge in [0.2, 0.25) is 0 Å². The highest BCUT2D eigenvalue weighted by atomic mass is 16.6. The van der Waals surface area contributed by atoms with E-state index in [0.717, 1.165) is 19.3 Å². The second-order valence-corrected chi connectivity index (χ2v) is 8.99. The quantitative estimate of drug-likeness (QED) is 0.0597. The van der Waals surface area contributed by atoms with E-state index in [4.69, 9.17) is 28.4 Å². The summed E-state index contributed by atoms with van der Waals surface area (Å²) in [6, 6.07) is 0. The minimum absolute atomic E-state index is 0.248. The monoisotopic (exact) mass is 672 g/mol. The van der Waals surface area contributed by atoms with E-state index >= 15 is 0 Å². The van der Waals surface area contributed by atoms with Crippen molar-refractivity contribution in [1.82, 2.24) is 0 Å². The zero-order chi connectivity index (χ0) is 37.0. The summed E-state index contributed by atoms with van der Waals surface area (Å²) in [4.78, 5) is 68.4. The minimum Gasteiger partial charge on any atom is -0.465 e. The maximum atomic E-state index is 11.5. The van der Waals surface area contributed by atoms with Crippen LogP contribution in [0.4, 0.5) is 0 Å². The van der Waals surface area contributed by atoms with Crippen molar-refractivity contribution >= 4 is 35.8 Å². The molecule has 0 aromatic carbocycles. The maximum Gasteiger partial charge on any atom is 0.320 e. The van der Waals surface area contributed by atoms with Gasteiger partial charge in [0.1, 0.15) is 0 Å². The Bertz CT molecular complexity index is 859. The molecule has 0 N–H and O–H groups in total. The summed E-state index contributed by atoms with van der Waals surface area (Å²) in [5, 5.41) is 0. The first-order valence-electron chi connectivity index (χ1n) is 16.3. The van der Waals surface area contributed by atoms with Crippen molar-refractivity contribution in [3.05, 3.63) is 38.0 Å². The molecule has 0 heterocycles. The molecular weight excluding hydrogens is 612 g/mol. The summed E-state index contributed by atoms with van der Waals surface area (Å²) in [5.41, 5.74) is 0. The molecule has 47 heavy (non-hydrogen) atoms. The van der Waals surface area contributed by atoms with Crippen LogP contribution in [0.3, 0.4) is 0 Å². The van der Waals surface area contributed by atoms with Gasteiger partial charge in [-0.05, 0) is 59.3 Å². The Balaban J connectivity index is -0.000000288. The molecule has 0 rings (SSSR count). The molecule has 0 aliphatic carbocycles. The zero-order valence-electron chi connectivity index (χ0n) is 30.0. The van der Waals surface area contributed by atoms with Gasteiger partial charge >= 0.3 is 35.8 Å². The van der Waals surface area contributed by atoms with Gasteiger partial charge in [-0.25, -0.2) is 0 Å². The van der Waals surface area contributed by atoms with Crippen LogP contribution in [0.1, 0.15) is 93.9 Å². The predicted octanol–water partition coefficient (Wildman–Crippen LogP) is 6.11. The summed E-state index contributed by atoms with van der Waals surface area (Å²) < 4.78 is 29.0. The highest BCUT2D eigenvalue weighted by Crippen LogP contribution is 2.11. The van der Waals surface area contributed by atoms with Crippen LogP contribution in [-0.2, 0) is 57.2 Å². The van der Waals surface area contributed by atoms with Crippen LogP contribution in [0, 0.1) is 17.8 Å². The molecule has 272 valence electrons. The second-order valence-electron chi connectivity index (χ2n) is 8.99. The number of carbonyl (C=O) groups is 6. The minimum atomic E-state index is -0.868. The van der Waals surface area contributed by atoms with E-state index in [1.165, 1.54) is 18.2 Å². The van der Waals surface area contributed by atoms with Crippen molar-refractivity contribution in [2.75, 3.05) is 39.6 Å². The standard InChI is InChI=1S/C12H20O4.C11H18O4.C10H16O4.C2H6/c1-4-7-10(11(13)15-8-5-2)12(14)16-9-6-3;1-4-7-9(10(12)14-6-3)11(13)15-8-5-2;1-4-7-8(9(11)13-5-2)10(12)14-6-3;1-2/h4,10H,1,5-9H2,2-3H3;4,9H,1,5-8H2,2-3H3;4,8H,1,5-7H2,2-3H3;1-2H3. The Labute approximate surface area is 282 Å². The molecule has 1 unspecified atom stereocenters. The number of hydrogen-bond acceptors (Lipinski definition) is 12. The van der Waals surface area contributed by atoms with E-state index in [1.807, 2.05) is 34.6 Å². The lowest BCUT2D eigenvalue weighted by Crippen LogP contribution is -2.28. The lowest BCUT2D eigenvalue weighted by atomic mass is 10.1. The van der Waals surface area contributed by atoms with Crippen molar-refractivity contribution in [3.8, 4) is 0 Å². The molecular formula is C35H60O12. The number of carbonyl (C=O) groups excluding carboxylic acids is 6. The van der Waals surface area contributed by atoms with Crippen molar-refractivity contribution in [3.63, 3.8) is 0 Å². The van der Waals surface area contributed by atoms with Crippen molar-refractivity contribution in [2.45, 2.75) is 93.9 Å².